The van der Waals surface area contributed by atoms with Crippen LogP contribution in [-0.2, 0) is 11.0 Å². The summed E-state index contributed by atoms with van der Waals surface area (Å²) in [7, 11) is 0. The lowest BCUT2D eigenvalue weighted by atomic mass is 10.0. The van der Waals surface area contributed by atoms with Crippen molar-refractivity contribution >= 4 is 23.2 Å². The lowest BCUT2D eigenvalue weighted by Crippen LogP contribution is -3.11. The quantitative estimate of drug-likeness (QED) is 0.829. The molecule has 1 saturated heterocycles. The second-order valence-corrected chi connectivity index (χ2v) is 6.80. The van der Waals surface area contributed by atoms with Crippen LogP contribution in [0.25, 0.3) is 0 Å². The maximum absolute atomic E-state index is 12.9. The fraction of sp³-hybridized carbons (Fsp3) is 0.316. The molecule has 0 saturated carbocycles. The van der Waals surface area contributed by atoms with Gasteiger partial charge in [-0.3, -0.25) is 4.79 Å². The zero-order valence-electron chi connectivity index (χ0n) is 13.9. The second kappa shape index (κ2) is 7.68. The van der Waals surface area contributed by atoms with Gasteiger partial charge in [-0.05, 0) is 18.2 Å². The molecule has 1 fully saturated rings. The highest BCUT2D eigenvalue weighted by molar-refractivity contribution is 6.33. The molecule has 0 bridgehead atoms. The fourth-order valence-electron chi connectivity index (χ4n) is 3.34. The molecule has 3 rings (SSSR count). The highest BCUT2D eigenvalue weighted by Gasteiger charge is 2.35. The molecule has 1 amide bonds. The number of halogens is 4. The zero-order valence-corrected chi connectivity index (χ0v) is 14.7. The Morgan fingerprint density at radius 1 is 1.08 bits per heavy atom. The Morgan fingerprint density at radius 2 is 1.73 bits per heavy atom. The predicted molar refractivity (Wildman–Crippen MR) is 94.2 cm³/mol. The van der Waals surface area contributed by atoms with E-state index in [4.69, 9.17) is 11.6 Å². The van der Waals surface area contributed by atoms with Crippen molar-refractivity contribution in [3.63, 3.8) is 0 Å². The number of likely N-dealkylation sites (tertiary alicyclic amines) is 1. The van der Waals surface area contributed by atoms with E-state index >= 15 is 0 Å². The molecule has 1 aliphatic rings. The van der Waals surface area contributed by atoms with Crippen molar-refractivity contribution < 1.29 is 22.9 Å². The van der Waals surface area contributed by atoms with Gasteiger partial charge in [0, 0.05) is 18.4 Å². The lowest BCUT2D eigenvalue weighted by Gasteiger charge is -2.24. The van der Waals surface area contributed by atoms with E-state index < -0.39 is 17.8 Å². The number of anilines is 1. The largest absolute Gasteiger partial charge is 0.416 e. The van der Waals surface area contributed by atoms with Crippen molar-refractivity contribution in [2.75, 3.05) is 18.4 Å². The number of carbonyl (C=O) groups is 1. The molecule has 0 aliphatic carbocycles. The Labute approximate surface area is 154 Å². The molecular formula is C19H19ClF3N2O+. The molecule has 2 aromatic rings. The molecule has 0 unspecified atom stereocenters. The number of amides is 1. The SMILES string of the molecule is O=C(Nc1cc(C(F)(F)F)ccc1Cl)[C@@H](c1ccccc1)[NH+]1CCCC1. The number of rotatable bonds is 4. The number of nitrogens with one attached hydrogen (secondary N) is 2. The lowest BCUT2D eigenvalue weighted by molar-refractivity contribution is -0.909. The van der Waals surface area contributed by atoms with E-state index in [2.05, 4.69) is 5.32 Å². The third-order valence-corrected chi connectivity index (χ3v) is 4.93. The number of benzene rings is 2. The summed E-state index contributed by atoms with van der Waals surface area (Å²) in [5.41, 5.74) is -0.0296. The molecule has 2 N–H and O–H groups in total. The van der Waals surface area contributed by atoms with Gasteiger partial charge in [-0.1, -0.05) is 41.9 Å². The smallest absolute Gasteiger partial charge is 0.321 e. The summed E-state index contributed by atoms with van der Waals surface area (Å²) in [5, 5.41) is 2.68. The van der Waals surface area contributed by atoms with Crippen molar-refractivity contribution in [2.24, 2.45) is 0 Å². The van der Waals surface area contributed by atoms with Crippen LogP contribution in [0.1, 0.15) is 30.0 Å². The summed E-state index contributed by atoms with van der Waals surface area (Å²) in [5.74, 6) is -0.352. The van der Waals surface area contributed by atoms with E-state index in [9.17, 15) is 18.0 Å². The Bertz CT molecular complexity index is 774. The van der Waals surface area contributed by atoms with Gasteiger partial charge in [-0.2, -0.15) is 13.2 Å². The zero-order chi connectivity index (χ0) is 18.7. The maximum Gasteiger partial charge on any atom is 0.416 e. The number of hydrogen-bond acceptors (Lipinski definition) is 1. The van der Waals surface area contributed by atoms with Crippen LogP contribution in [0.15, 0.2) is 48.5 Å². The van der Waals surface area contributed by atoms with Crippen molar-refractivity contribution in [2.45, 2.75) is 25.1 Å². The standard InChI is InChI=1S/C19H18ClF3N2O/c20-15-9-8-14(19(21,22)23)12-16(15)24-18(26)17(25-10-4-5-11-25)13-6-2-1-3-7-13/h1-3,6-9,12,17H,4-5,10-11H2,(H,24,26)/p+1/t17-/m1/s1. The highest BCUT2D eigenvalue weighted by Crippen LogP contribution is 2.34. The van der Waals surface area contributed by atoms with E-state index in [0.29, 0.717) is 0 Å². The van der Waals surface area contributed by atoms with Crippen LogP contribution in [-0.4, -0.2) is 19.0 Å². The molecule has 1 atom stereocenters. The summed E-state index contributed by atoms with van der Waals surface area (Å²) in [6.45, 7) is 1.70. The first kappa shape index (κ1) is 18.7. The van der Waals surface area contributed by atoms with Gasteiger partial charge in [0.1, 0.15) is 0 Å². The van der Waals surface area contributed by atoms with Gasteiger partial charge in [0.25, 0.3) is 5.91 Å². The monoisotopic (exact) mass is 383 g/mol. The average molecular weight is 384 g/mol. The van der Waals surface area contributed by atoms with Gasteiger partial charge < -0.3 is 10.2 Å². The van der Waals surface area contributed by atoms with Crippen LogP contribution in [0.3, 0.4) is 0 Å². The Kier molecular flexibility index (Phi) is 5.53. The average Bonchev–Trinajstić information content (AvgIpc) is 3.11. The minimum Gasteiger partial charge on any atom is -0.321 e. The van der Waals surface area contributed by atoms with E-state index in [1.54, 1.807) is 0 Å². The normalized spacial score (nSPS) is 16.5. The van der Waals surface area contributed by atoms with Crippen LogP contribution in [0.2, 0.25) is 5.02 Å². The maximum atomic E-state index is 12.9. The molecule has 2 aromatic carbocycles. The van der Waals surface area contributed by atoms with Crippen LogP contribution in [0.4, 0.5) is 18.9 Å². The van der Waals surface area contributed by atoms with Crippen LogP contribution in [0.5, 0.6) is 0 Å². The van der Waals surface area contributed by atoms with E-state index in [-0.39, 0.29) is 16.6 Å². The van der Waals surface area contributed by atoms with Gasteiger partial charge in [-0.25, -0.2) is 0 Å². The Balaban J connectivity index is 1.89. The molecule has 0 radical (unpaired) electrons. The number of hydrogen-bond donors (Lipinski definition) is 2. The highest BCUT2D eigenvalue weighted by atomic mass is 35.5. The van der Waals surface area contributed by atoms with Crippen molar-refractivity contribution in [3.8, 4) is 0 Å². The van der Waals surface area contributed by atoms with Gasteiger partial charge in [0.2, 0.25) is 0 Å². The van der Waals surface area contributed by atoms with E-state index in [0.717, 1.165) is 54.6 Å². The topological polar surface area (TPSA) is 33.5 Å². The summed E-state index contributed by atoms with van der Waals surface area (Å²) < 4.78 is 38.8. The molecule has 7 heteroatoms. The number of alkyl halides is 3. The summed E-state index contributed by atoms with van der Waals surface area (Å²) in [6, 6.07) is 11.7. The Hall–Kier alpha value is -2.05. The number of carbonyl (C=O) groups excluding carboxylic acids is 1. The van der Waals surface area contributed by atoms with Gasteiger partial charge in [0.15, 0.2) is 6.04 Å². The summed E-state index contributed by atoms with van der Waals surface area (Å²) >= 11 is 6.01. The first-order chi connectivity index (χ1) is 12.4. The third kappa shape index (κ3) is 4.19. The molecule has 0 spiro atoms. The second-order valence-electron chi connectivity index (χ2n) is 6.39. The molecular weight excluding hydrogens is 365 g/mol. The van der Waals surface area contributed by atoms with Crippen LogP contribution in [0, 0.1) is 0 Å². The molecule has 0 aromatic heterocycles. The van der Waals surface area contributed by atoms with Crippen molar-refractivity contribution in [3.05, 3.63) is 64.7 Å². The van der Waals surface area contributed by atoms with Crippen molar-refractivity contribution in [1.29, 1.82) is 0 Å². The molecule has 1 heterocycles. The van der Waals surface area contributed by atoms with Crippen LogP contribution < -0.4 is 10.2 Å². The van der Waals surface area contributed by atoms with Crippen molar-refractivity contribution in [1.82, 2.24) is 0 Å². The predicted octanol–water partition coefficient (Wildman–Crippen LogP) is 3.72. The van der Waals surface area contributed by atoms with Gasteiger partial charge >= 0.3 is 6.18 Å². The summed E-state index contributed by atoms with van der Waals surface area (Å²) in [4.78, 5) is 14.0. The molecule has 3 nitrogen and oxygen atoms in total. The first-order valence-corrected chi connectivity index (χ1v) is 8.81. The fourth-order valence-corrected chi connectivity index (χ4v) is 3.50. The molecule has 1 aliphatic heterocycles. The minimum absolute atomic E-state index is 0.0222. The number of quaternary nitrogens is 1. The molecule has 26 heavy (non-hydrogen) atoms. The van der Waals surface area contributed by atoms with E-state index in [1.165, 1.54) is 0 Å². The van der Waals surface area contributed by atoms with Gasteiger partial charge in [0.05, 0.1) is 29.4 Å². The van der Waals surface area contributed by atoms with Crippen LogP contribution >= 0.6 is 11.6 Å². The van der Waals surface area contributed by atoms with Gasteiger partial charge in [-0.15, -0.1) is 0 Å². The first-order valence-electron chi connectivity index (χ1n) is 8.43. The Morgan fingerprint density at radius 3 is 2.35 bits per heavy atom. The summed E-state index contributed by atoms with van der Waals surface area (Å²) in [6.07, 6.45) is -2.45. The minimum atomic E-state index is -4.50. The van der Waals surface area contributed by atoms with E-state index in [1.807, 2.05) is 30.3 Å². The molecule has 138 valence electrons. The third-order valence-electron chi connectivity index (χ3n) is 4.60.